The Morgan fingerprint density at radius 1 is 1.12 bits per heavy atom. The van der Waals surface area contributed by atoms with Gasteiger partial charge >= 0.3 is 0 Å². The Kier molecular flexibility index (Phi) is 4.06. The Labute approximate surface area is 105 Å². The van der Waals surface area contributed by atoms with Gasteiger partial charge in [0.1, 0.15) is 5.54 Å². The highest BCUT2D eigenvalue weighted by Gasteiger charge is 2.38. The first-order valence-electron chi connectivity index (χ1n) is 7.01. The molecule has 0 aromatic rings. The van der Waals surface area contributed by atoms with Crippen molar-refractivity contribution in [3.8, 4) is 6.07 Å². The zero-order chi connectivity index (χ0) is 12.3. The lowest BCUT2D eigenvalue weighted by molar-refractivity contribution is 0.0746. The predicted octanol–water partition coefficient (Wildman–Crippen LogP) is 2.24. The van der Waals surface area contributed by atoms with Crippen LogP contribution in [0.4, 0.5) is 0 Å². The summed E-state index contributed by atoms with van der Waals surface area (Å²) in [5.41, 5.74) is -0.188. The van der Waals surface area contributed by atoms with E-state index in [9.17, 15) is 5.26 Å². The fraction of sp³-hybridized carbons (Fsp3) is 0.929. The molecule has 0 radical (unpaired) electrons. The first-order valence-corrected chi connectivity index (χ1v) is 7.01. The van der Waals surface area contributed by atoms with Crippen LogP contribution in [0.2, 0.25) is 0 Å². The molecule has 1 heterocycles. The molecule has 0 N–H and O–H groups in total. The van der Waals surface area contributed by atoms with Crippen LogP contribution in [0.15, 0.2) is 0 Å². The van der Waals surface area contributed by atoms with Gasteiger partial charge in [-0.15, -0.1) is 0 Å². The molecule has 3 nitrogen and oxygen atoms in total. The normalized spacial score (nSPS) is 35.8. The summed E-state index contributed by atoms with van der Waals surface area (Å²) in [7, 11) is 4.09. The van der Waals surface area contributed by atoms with Gasteiger partial charge in [0.2, 0.25) is 0 Å². The summed E-state index contributed by atoms with van der Waals surface area (Å²) in [5.74, 6) is 0. The molecule has 96 valence electrons. The molecule has 3 heteroatoms. The molecular weight excluding hydrogens is 210 g/mol. The van der Waals surface area contributed by atoms with Gasteiger partial charge in [-0.05, 0) is 65.7 Å². The second-order valence-electron chi connectivity index (χ2n) is 5.87. The standard InChI is InChI=1S/C14H25N3/c1-16(2)14(12-15)8-6-13(7-9-14)17-10-4-3-5-11-17/h13H,3-11H2,1-2H3. The van der Waals surface area contributed by atoms with Crippen molar-refractivity contribution in [2.75, 3.05) is 27.2 Å². The topological polar surface area (TPSA) is 30.3 Å². The Morgan fingerprint density at radius 2 is 1.71 bits per heavy atom. The number of piperidine rings is 1. The monoisotopic (exact) mass is 235 g/mol. The molecule has 1 aliphatic heterocycles. The van der Waals surface area contributed by atoms with E-state index in [4.69, 9.17) is 0 Å². The van der Waals surface area contributed by atoms with Crippen molar-refractivity contribution in [3.63, 3.8) is 0 Å². The molecule has 2 fully saturated rings. The summed E-state index contributed by atoms with van der Waals surface area (Å²) in [6.45, 7) is 2.57. The molecule has 0 atom stereocenters. The number of hydrogen-bond donors (Lipinski definition) is 0. The first kappa shape index (κ1) is 12.9. The fourth-order valence-corrected chi connectivity index (χ4v) is 3.39. The van der Waals surface area contributed by atoms with Crippen LogP contribution < -0.4 is 0 Å². The van der Waals surface area contributed by atoms with E-state index in [1.165, 1.54) is 45.2 Å². The highest BCUT2D eigenvalue weighted by molar-refractivity contribution is 5.10. The predicted molar refractivity (Wildman–Crippen MR) is 69.7 cm³/mol. The first-order chi connectivity index (χ1) is 8.18. The molecule has 1 saturated heterocycles. The summed E-state index contributed by atoms with van der Waals surface area (Å²) in [6.07, 6.45) is 8.62. The number of hydrogen-bond acceptors (Lipinski definition) is 3. The summed E-state index contributed by atoms with van der Waals surface area (Å²) in [6, 6.07) is 3.29. The quantitative estimate of drug-likeness (QED) is 0.735. The largest absolute Gasteiger partial charge is 0.300 e. The van der Waals surface area contributed by atoms with Gasteiger partial charge in [-0.3, -0.25) is 4.90 Å². The minimum atomic E-state index is -0.188. The van der Waals surface area contributed by atoms with Crippen LogP contribution >= 0.6 is 0 Å². The van der Waals surface area contributed by atoms with Crippen molar-refractivity contribution in [3.05, 3.63) is 0 Å². The van der Waals surface area contributed by atoms with Crippen molar-refractivity contribution in [1.29, 1.82) is 5.26 Å². The Bertz CT molecular complexity index is 278. The zero-order valence-electron chi connectivity index (χ0n) is 11.3. The molecule has 2 rings (SSSR count). The van der Waals surface area contributed by atoms with E-state index in [1.807, 2.05) is 14.1 Å². The second-order valence-corrected chi connectivity index (χ2v) is 5.87. The molecule has 1 aliphatic carbocycles. The number of nitrogens with zero attached hydrogens (tertiary/aromatic N) is 3. The summed E-state index contributed by atoms with van der Waals surface area (Å²) >= 11 is 0. The van der Waals surface area contributed by atoms with E-state index < -0.39 is 0 Å². The summed E-state index contributed by atoms with van der Waals surface area (Å²) < 4.78 is 0. The number of nitriles is 1. The zero-order valence-corrected chi connectivity index (χ0v) is 11.3. The molecule has 0 aromatic heterocycles. The summed E-state index contributed by atoms with van der Waals surface area (Å²) in [5, 5.41) is 9.40. The second kappa shape index (κ2) is 5.37. The average Bonchev–Trinajstić information content (AvgIpc) is 2.39. The van der Waals surface area contributed by atoms with Gasteiger partial charge in [-0.25, -0.2) is 0 Å². The third-order valence-electron chi connectivity index (χ3n) is 4.75. The van der Waals surface area contributed by atoms with Crippen molar-refractivity contribution in [2.24, 2.45) is 0 Å². The molecule has 0 aromatic carbocycles. The van der Waals surface area contributed by atoms with Crippen molar-refractivity contribution in [1.82, 2.24) is 9.80 Å². The minimum Gasteiger partial charge on any atom is -0.300 e. The van der Waals surface area contributed by atoms with Crippen molar-refractivity contribution >= 4 is 0 Å². The Hall–Kier alpha value is -0.590. The van der Waals surface area contributed by atoms with E-state index in [-0.39, 0.29) is 5.54 Å². The molecule has 0 spiro atoms. The SMILES string of the molecule is CN(C)C1(C#N)CCC(N2CCCCC2)CC1. The van der Waals surface area contributed by atoms with Crippen LogP contribution in [0.25, 0.3) is 0 Å². The van der Waals surface area contributed by atoms with Gasteiger partial charge in [0, 0.05) is 6.04 Å². The van der Waals surface area contributed by atoms with Crippen molar-refractivity contribution < 1.29 is 0 Å². The highest BCUT2D eigenvalue weighted by Crippen LogP contribution is 2.34. The maximum absolute atomic E-state index is 9.40. The van der Waals surface area contributed by atoms with Gasteiger partial charge in [0.25, 0.3) is 0 Å². The van der Waals surface area contributed by atoms with Crippen LogP contribution in [0.5, 0.6) is 0 Å². The molecule has 0 bridgehead atoms. The van der Waals surface area contributed by atoms with Crippen LogP contribution in [0.1, 0.15) is 44.9 Å². The molecule has 17 heavy (non-hydrogen) atoms. The lowest BCUT2D eigenvalue weighted by atomic mass is 9.78. The maximum atomic E-state index is 9.40. The minimum absolute atomic E-state index is 0.188. The van der Waals surface area contributed by atoms with E-state index in [0.29, 0.717) is 0 Å². The maximum Gasteiger partial charge on any atom is 0.108 e. The van der Waals surface area contributed by atoms with Crippen LogP contribution in [0.3, 0.4) is 0 Å². The number of rotatable bonds is 2. The van der Waals surface area contributed by atoms with E-state index in [1.54, 1.807) is 0 Å². The van der Waals surface area contributed by atoms with Gasteiger partial charge < -0.3 is 4.90 Å². The molecular formula is C14H25N3. The average molecular weight is 235 g/mol. The van der Waals surface area contributed by atoms with Gasteiger partial charge in [0.05, 0.1) is 6.07 Å². The molecule has 0 unspecified atom stereocenters. The van der Waals surface area contributed by atoms with E-state index in [2.05, 4.69) is 15.9 Å². The van der Waals surface area contributed by atoms with Gasteiger partial charge in [0.15, 0.2) is 0 Å². The third kappa shape index (κ3) is 2.64. The third-order valence-corrected chi connectivity index (χ3v) is 4.75. The summed E-state index contributed by atoms with van der Waals surface area (Å²) in [4.78, 5) is 4.79. The molecule has 2 aliphatic rings. The molecule has 1 saturated carbocycles. The number of likely N-dealkylation sites (tertiary alicyclic amines) is 1. The lowest BCUT2D eigenvalue weighted by Gasteiger charge is -2.44. The van der Waals surface area contributed by atoms with Gasteiger partial charge in [-0.2, -0.15) is 5.26 Å². The van der Waals surface area contributed by atoms with Crippen molar-refractivity contribution in [2.45, 2.75) is 56.5 Å². The van der Waals surface area contributed by atoms with Crippen LogP contribution in [-0.4, -0.2) is 48.6 Å². The highest BCUT2D eigenvalue weighted by atomic mass is 15.2. The van der Waals surface area contributed by atoms with E-state index in [0.717, 1.165) is 18.9 Å². The van der Waals surface area contributed by atoms with E-state index >= 15 is 0 Å². The Morgan fingerprint density at radius 3 is 2.18 bits per heavy atom. The molecule has 0 amide bonds. The smallest absolute Gasteiger partial charge is 0.108 e. The fourth-order valence-electron chi connectivity index (χ4n) is 3.39. The Balaban J connectivity index is 1.91. The van der Waals surface area contributed by atoms with Crippen LogP contribution in [-0.2, 0) is 0 Å². The van der Waals surface area contributed by atoms with Gasteiger partial charge in [-0.1, -0.05) is 6.42 Å². The van der Waals surface area contributed by atoms with Crippen LogP contribution in [0, 0.1) is 11.3 Å². The lowest BCUT2D eigenvalue weighted by Crippen LogP contribution is -2.50.